The van der Waals surface area contributed by atoms with E-state index in [0.29, 0.717) is 18.2 Å². The van der Waals surface area contributed by atoms with Gasteiger partial charge in [-0.3, -0.25) is 14.6 Å². The van der Waals surface area contributed by atoms with Crippen LogP contribution in [-0.2, 0) is 9.59 Å². The standard InChI is InChI=1S/C23H23N3O2/c1-15(2)18-9-3-4-11-20(18)26-14-17(13-21(26)27)23(28)25-19-10-5-7-16-8-6-12-24-22(16)19/h3-12,15,17H,13-14H2,1-2H3,(H,25,28). The molecule has 2 aromatic carbocycles. The van der Waals surface area contributed by atoms with Crippen LogP contribution in [0.4, 0.5) is 11.4 Å². The van der Waals surface area contributed by atoms with Crippen LogP contribution in [0.1, 0.15) is 31.7 Å². The molecular weight excluding hydrogens is 350 g/mol. The van der Waals surface area contributed by atoms with E-state index < -0.39 is 0 Å². The molecule has 5 heteroatoms. The number of aromatic nitrogens is 1. The van der Waals surface area contributed by atoms with E-state index in [9.17, 15) is 9.59 Å². The molecule has 3 aromatic rings. The topological polar surface area (TPSA) is 62.3 Å². The highest BCUT2D eigenvalue weighted by Gasteiger charge is 2.36. The molecule has 0 radical (unpaired) electrons. The molecule has 142 valence electrons. The first kappa shape index (κ1) is 18.2. The monoisotopic (exact) mass is 373 g/mol. The van der Waals surface area contributed by atoms with E-state index in [-0.39, 0.29) is 24.2 Å². The maximum atomic E-state index is 12.9. The van der Waals surface area contributed by atoms with Crippen LogP contribution in [0.2, 0.25) is 0 Å². The van der Waals surface area contributed by atoms with Crippen LogP contribution in [-0.4, -0.2) is 23.3 Å². The van der Waals surface area contributed by atoms with Crippen molar-refractivity contribution in [1.29, 1.82) is 0 Å². The smallest absolute Gasteiger partial charge is 0.229 e. The number of amides is 2. The van der Waals surface area contributed by atoms with Crippen LogP contribution >= 0.6 is 0 Å². The van der Waals surface area contributed by atoms with Gasteiger partial charge >= 0.3 is 0 Å². The Balaban J connectivity index is 1.55. The number of fused-ring (bicyclic) bond motifs is 1. The van der Waals surface area contributed by atoms with Gasteiger partial charge in [-0.25, -0.2) is 0 Å². The van der Waals surface area contributed by atoms with Crippen LogP contribution in [0.25, 0.3) is 10.9 Å². The predicted molar refractivity (Wildman–Crippen MR) is 111 cm³/mol. The molecule has 1 fully saturated rings. The van der Waals surface area contributed by atoms with E-state index in [0.717, 1.165) is 22.2 Å². The van der Waals surface area contributed by atoms with Gasteiger partial charge in [0.1, 0.15) is 0 Å². The van der Waals surface area contributed by atoms with Crippen molar-refractivity contribution in [2.75, 3.05) is 16.8 Å². The second-order valence-corrected chi connectivity index (χ2v) is 7.49. The maximum Gasteiger partial charge on any atom is 0.229 e. The van der Waals surface area contributed by atoms with Gasteiger partial charge in [0.15, 0.2) is 0 Å². The zero-order chi connectivity index (χ0) is 19.7. The lowest BCUT2D eigenvalue weighted by molar-refractivity contribution is -0.122. The zero-order valence-corrected chi connectivity index (χ0v) is 16.1. The van der Waals surface area contributed by atoms with Gasteiger partial charge < -0.3 is 10.2 Å². The predicted octanol–water partition coefficient (Wildman–Crippen LogP) is 4.35. The molecule has 0 spiro atoms. The fourth-order valence-electron chi connectivity index (χ4n) is 3.78. The molecule has 2 heterocycles. The lowest BCUT2D eigenvalue weighted by Crippen LogP contribution is -2.29. The number of rotatable bonds is 4. The van der Waals surface area contributed by atoms with E-state index in [2.05, 4.69) is 24.1 Å². The average Bonchev–Trinajstić information content (AvgIpc) is 3.10. The molecule has 4 rings (SSSR count). The molecule has 1 aliphatic heterocycles. The van der Waals surface area contributed by atoms with Crippen molar-refractivity contribution in [3.8, 4) is 0 Å². The van der Waals surface area contributed by atoms with E-state index in [1.807, 2.05) is 54.6 Å². The maximum absolute atomic E-state index is 12.9. The highest BCUT2D eigenvalue weighted by Crippen LogP contribution is 2.32. The number of nitrogens with zero attached hydrogens (tertiary/aromatic N) is 2. The first-order chi connectivity index (χ1) is 13.5. The Bertz CT molecular complexity index is 1040. The van der Waals surface area contributed by atoms with Gasteiger partial charge in [0, 0.05) is 30.2 Å². The largest absolute Gasteiger partial charge is 0.324 e. The van der Waals surface area contributed by atoms with Gasteiger partial charge in [-0.1, -0.05) is 50.2 Å². The van der Waals surface area contributed by atoms with Crippen LogP contribution < -0.4 is 10.2 Å². The lowest BCUT2D eigenvalue weighted by Gasteiger charge is -2.22. The van der Waals surface area contributed by atoms with Gasteiger partial charge in [0.05, 0.1) is 17.1 Å². The first-order valence-corrected chi connectivity index (χ1v) is 9.58. The Morgan fingerprint density at radius 1 is 1.11 bits per heavy atom. The molecule has 1 N–H and O–H groups in total. The Morgan fingerprint density at radius 2 is 1.89 bits per heavy atom. The van der Waals surface area contributed by atoms with Gasteiger partial charge in [-0.15, -0.1) is 0 Å². The molecule has 1 unspecified atom stereocenters. The van der Waals surface area contributed by atoms with E-state index >= 15 is 0 Å². The Kier molecular flexibility index (Phi) is 4.82. The molecule has 1 aliphatic rings. The van der Waals surface area contributed by atoms with Crippen LogP contribution in [0.3, 0.4) is 0 Å². The van der Waals surface area contributed by atoms with Gasteiger partial charge in [0.25, 0.3) is 0 Å². The molecule has 1 saturated heterocycles. The molecule has 0 bridgehead atoms. The fourth-order valence-corrected chi connectivity index (χ4v) is 3.78. The van der Waals surface area contributed by atoms with Gasteiger partial charge in [0.2, 0.25) is 11.8 Å². The highest BCUT2D eigenvalue weighted by atomic mass is 16.2. The number of carbonyl (C=O) groups is 2. The summed E-state index contributed by atoms with van der Waals surface area (Å²) in [4.78, 5) is 31.7. The Morgan fingerprint density at radius 3 is 2.71 bits per heavy atom. The minimum atomic E-state index is -0.383. The summed E-state index contributed by atoms with van der Waals surface area (Å²) in [5.41, 5.74) is 3.46. The van der Waals surface area contributed by atoms with Crippen molar-refractivity contribution in [2.45, 2.75) is 26.2 Å². The number of hydrogen-bond donors (Lipinski definition) is 1. The third kappa shape index (κ3) is 3.36. The van der Waals surface area contributed by atoms with Crippen LogP contribution in [0, 0.1) is 5.92 Å². The van der Waals surface area contributed by atoms with Crippen molar-refractivity contribution >= 4 is 34.1 Å². The summed E-state index contributed by atoms with van der Waals surface area (Å²) in [5, 5.41) is 3.94. The first-order valence-electron chi connectivity index (χ1n) is 9.58. The van der Waals surface area contributed by atoms with Crippen molar-refractivity contribution in [3.05, 3.63) is 66.4 Å². The molecule has 0 aliphatic carbocycles. The number of anilines is 2. The second-order valence-electron chi connectivity index (χ2n) is 7.49. The lowest BCUT2D eigenvalue weighted by atomic mass is 10.0. The number of hydrogen-bond acceptors (Lipinski definition) is 3. The average molecular weight is 373 g/mol. The summed E-state index contributed by atoms with van der Waals surface area (Å²) in [6.07, 6.45) is 1.93. The highest BCUT2D eigenvalue weighted by molar-refractivity contribution is 6.06. The van der Waals surface area contributed by atoms with Gasteiger partial charge in [-0.05, 0) is 29.7 Å². The van der Waals surface area contributed by atoms with Gasteiger partial charge in [-0.2, -0.15) is 0 Å². The number of benzene rings is 2. The normalized spacial score (nSPS) is 16.8. The molecule has 5 nitrogen and oxygen atoms in total. The van der Waals surface area contributed by atoms with Crippen molar-refractivity contribution < 1.29 is 9.59 Å². The number of para-hydroxylation sites is 2. The molecule has 0 saturated carbocycles. The minimum Gasteiger partial charge on any atom is -0.324 e. The fraction of sp³-hybridized carbons (Fsp3) is 0.261. The van der Waals surface area contributed by atoms with Crippen LogP contribution in [0.15, 0.2) is 60.8 Å². The number of nitrogens with one attached hydrogen (secondary N) is 1. The van der Waals surface area contributed by atoms with Crippen molar-refractivity contribution in [3.63, 3.8) is 0 Å². The number of pyridine rings is 1. The third-order valence-electron chi connectivity index (χ3n) is 5.24. The van der Waals surface area contributed by atoms with Crippen molar-refractivity contribution in [2.24, 2.45) is 5.92 Å². The van der Waals surface area contributed by atoms with Crippen LogP contribution in [0.5, 0.6) is 0 Å². The Labute approximate surface area is 164 Å². The van der Waals surface area contributed by atoms with Crippen molar-refractivity contribution in [1.82, 2.24) is 4.98 Å². The summed E-state index contributed by atoms with van der Waals surface area (Å²) >= 11 is 0. The summed E-state index contributed by atoms with van der Waals surface area (Å²) < 4.78 is 0. The van der Waals surface area contributed by atoms with E-state index in [1.54, 1.807) is 11.1 Å². The second kappa shape index (κ2) is 7.43. The molecule has 2 amide bonds. The van der Waals surface area contributed by atoms with E-state index in [4.69, 9.17) is 0 Å². The number of carbonyl (C=O) groups excluding carboxylic acids is 2. The summed E-state index contributed by atoms with van der Waals surface area (Å²) in [5.74, 6) is -0.231. The SMILES string of the molecule is CC(C)c1ccccc1N1CC(C(=O)Nc2cccc3cccnc23)CC1=O. The molecule has 1 aromatic heterocycles. The molecule has 28 heavy (non-hydrogen) atoms. The zero-order valence-electron chi connectivity index (χ0n) is 16.1. The quantitative estimate of drug-likeness (QED) is 0.739. The minimum absolute atomic E-state index is 0.00991. The molecular formula is C23H23N3O2. The third-order valence-corrected chi connectivity index (χ3v) is 5.24. The molecule has 1 atom stereocenters. The summed E-state index contributed by atoms with van der Waals surface area (Å²) in [7, 11) is 0. The Hall–Kier alpha value is -3.21. The van der Waals surface area contributed by atoms with E-state index in [1.165, 1.54) is 0 Å². The summed E-state index contributed by atoms with van der Waals surface area (Å²) in [6.45, 7) is 4.61. The summed E-state index contributed by atoms with van der Waals surface area (Å²) in [6, 6.07) is 17.4.